The second-order valence-corrected chi connectivity index (χ2v) is 15.3. The van der Waals surface area contributed by atoms with Crippen LogP contribution in [-0.2, 0) is 23.9 Å². The van der Waals surface area contributed by atoms with Gasteiger partial charge in [0.05, 0.1) is 11.9 Å². The highest BCUT2D eigenvalue weighted by molar-refractivity contribution is 5.88. The van der Waals surface area contributed by atoms with E-state index in [4.69, 9.17) is 31.1 Å². The lowest BCUT2D eigenvalue weighted by atomic mass is 9.43. The molecule has 0 saturated heterocycles. The molecule has 1 aromatic heterocycles. The van der Waals surface area contributed by atoms with Crippen LogP contribution < -0.4 is 22.8 Å². The number of esters is 3. The monoisotopic (exact) mass is 670 g/mol. The van der Waals surface area contributed by atoms with Crippen molar-refractivity contribution >= 4 is 23.9 Å². The van der Waals surface area contributed by atoms with E-state index in [1.165, 1.54) is 6.07 Å². The summed E-state index contributed by atoms with van der Waals surface area (Å²) < 4.78 is 16.0. The Balaban J connectivity index is 1.05. The van der Waals surface area contributed by atoms with Crippen LogP contribution in [0.3, 0.4) is 0 Å². The minimum absolute atomic E-state index is 0.0139. The lowest BCUT2D eigenvalue weighted by Crippen LogP contribution is -2.62. The zero-order chi connectivity index (χ0) is 34.7. The van der Waals surface area contributed by atoms with E-state index in [2.05, 4.69) is 18.8 Å². The van der Waals surface area contributed by atoms with Crippen molar-refractivity contribution in [1.29, 1.82) is 0 Å². The number of hydrogen-bond donors (Lipinski definition) is 4. The van der Waals surface area contributed by atoms with Crippen molar-refractivity contribution < 1.29 is 33.4 Å². The third-order valence-electron chi connectivity index (χ3n) is 12.7. The molecule has 4 saturated carbocycles. The molecular weight excluding hydrogens is 616 g/mol. The molecule has 266 valence electrons. The Morgan fingerprint density at radius 3 is 2.44 bits per heavy atom. The number of nitrogens with zero attached hydrogens (tertiary/aromatic N) is 1. The molecule has 12 nitrogen and oxygen atoms in total. The summed E-state index contributed by atoms with van der Waals surface area (Å²) in [5.41, 5.74) is 16.0. The summed E-state index contributed by atoms with van der Waals surface area (Å²) in [6, 6.07) is 2.42. The van der Waals surface area contributed by atoms with Gasteiger partial charge in [-0.25, -0.2) is 9.59 Å². The summed E-state index contributed by atoms with van der Waals surface area (Å²) in [6.45, 7) is 4.98. The van der Waals surface area contributed by atoms with E-state index in [-0.39, 0.29) is 65.6 Å². The van der Waals surface area contributed by atoms with Gasteiger partial charge in [0, 0.05) is 30.9 Å². The molecule has 0 radical (unpaired) electrons. The van der Waals surface area contributed by atoms with Crippen LogP contribution in [0, 0.1) is 28.6 Å². The average Bonchev–Trinajstić information content (AvgIpc) is 3.32. The Labute approximate surface area is 282 Å². The van der Waals surface area contributed by atoms with Gasteiger partial charge in [-0.05, 0) is 124 Å². The van der Waals surface area contributed by atoms with Gasteiger partial charge in [0.15, 0.2) is 5.96 Å². The van der Waals surface area contributed by atoms with Gasteiger partial charge in [0.1, 0.15) is 12.1 Å². The number of hydrogen-bond acceptors (Lipinski definition) is 10. The van der Waals surface area contributed by atoms with E-state index in [0.717, 1.165) is 63.4 Å². The first-order chi connectivity index (χ1) is 22.8. The van der Waals surface area contributed by atoms with Crippen molar-refractivity contribution in [3.05, 3.63) is 34.4 Å². The topological polar surface area (TPSA) is 211 Å². The quantitative estimate of drug-likeness (QED) is 0.0826. The maximum absolute atomic E-state index is 12.7. The van der Waals surface area contributed by atoms with Crippen molar-refractivity contribution in [2.24, 2.45) is 50.8 Å². The first kappa shape index (κ1) is 36.0. The van der Waals surface area contributed by atoms with Crippen LogP contribution >= 0.6 is 0 Å². The van der Waals surface area contributed by atoms with Crippen LogP contribution in [0.15, 0.2) is 32.6 Å². The number of nitrogens with two attached hydrogens (primary N) is 3. The van der Waals surface area contributed by atoms with E-state index >= 15 is 0 Å². The van der Waals surface area contributed by atoms with Gasteiger partial charge in [-0.2, -0.15) is 0 Å². The largest absolute Gasteiger partial charge is 0.462 e. The van der Waals surface area contributed by atoms with Gasteiger partial charge in [-0.3, -0.25) is 14.6 Å². The Kier molecular flexibility index (Phi) is 11.0. The van der Waals surface area contributed by atoms with Crippen molar-refractivity contribution in [3.63, 3.8) is 0 Å². The number of aliphatic imine (C=N–C) groups is 1. The highest BCUT2D eigenvalue weighted by Crippen LogP contribution is 2.70. The lowest BCUT2D eigenvalue weighted by Gasteiger charge is -2.63. The number of unbranched alkanes of at least 4 members (excludes halogenated alkanes) is 1. The highest BCUT2D eigenvalue weighted by Gasteiger charge is 2.67. The standard InChI is InChI=1S/C36H54N4O8/c1-34-16-13-24(47-30(42)7-3-4-8-31(43)48-32(44)28(37)6-5-19-40-33(38)39)20-23(34)10-11-27-26(34)14-17-35(2)25(15-18-36(27,35)45)22-9-12-29(41)46-21-22/h9,12,21,23-28,45H,3-8,10-11,13-20,37H2,1-2H3,(H4,38,39,40)/t23?,24-,25+,26-,27+,28-,34-,35+,36-/m0/s1. The lowest BCUT2D eigenvalue weighted by molar-refractivity contribution is -0.207. The second-order valence-electron chi connectivity index (χ2n) is 15.3. The van der Waals surface area contributed by atoms with Crippen molar-refractivity contribution in [3.8, 4) is 0 Å². The number of carbonyl (C=O) groups excluding carboxylic acids is 3. The van der Waals surface area contributed by atoms with Gasteiger partial charge < -0.3 is 36.2 Å². The number of aliphatic hydroxyl groups is 1. The maximum atomic E-state index is 12.7. The van der Waals surface area contributed by atoms with Gasteiger partial charge >= 0.3 is 23.5 Å². The SMILES string of the molecule is C[C@]12CC[C@H](OC(=O)CCCCC(=O)OC(=O)[C@@H](N)CCCN=C(N)N)CC1CC[C@@H]1[C@@H]2CC[C@]2(C)[C@@H](c3ccc(=O)oc3)CC[C@]12O. The van der Waals surface area contributed by atoms with Crippen molar-refractivity contribution in [2.75, 3.05) is 6.54 Å². The van der Waals surface area contributed by atoms with Crippen molar-refractivity contribution in [2.45, 2.75) is 134 Å². The molecule has 1 heterocycles. The summed E-state index contributed by atoms with van der Waals surface area (Å²) >= 11 is 0. The average molecular weight is 671 g/mol. The van der Waals surface area contributed by atoms with Gasteiger partial charge in [0.25, 0.3) is 0 Å². The Hall–Kier alpha value is -3.25. The normalized spacial score (nSPS) is 34.5. The van der Waals surface area contributed by atoms with Gasteiger partial charge in [-0.15, -0.1) is 0 Å². The molecule has 9 atom stereocenters. The van der Waals surface area contributed by atoms with E-state index in [0.29, 0.717) is 37.6 Å². The van der Waals surface area contributed by atoms with Crippen LogP contribution in [0.4, 0.5) is 0 Å². The van der Waals surface area contributed by atoms with Gasteiger partial charge in [0.2, 0.25) is 0 Å². The minimum Gasteiger partial charge on any atom is -0.462 e. The summed E-state index contributed by atoms with van der Waals surface area (Å²) in [4.78, 5) is 52.3. The third-order valence-corrected chi connectivity index (χ3v) is 12.7. The molecule has 1 unspecified atom stereocenters. The smallest absolute Gasteiger partial charge is 0.335 e. The predicted molar refractivity (Wildman–Crippen MR) is 178 cm³/mol. The van der Waals surface area contributed by atoms with E-state index in [1.54, 1.807) is 6.26 Å². The van der Waals surface area contributed by atoms with Crippen LogP contribution in [0.5, 0.6) is 0 Å². The molecule has 4 fully saturated rings. The maximum Gasteiger partial charge on any atom is 0.335 e. The molecule has 0 spiro atoms. The molecular formula is C36H54N4O8. The third kappa shape index (κ3) is 7.34. The second kappa shape index (κ2) is 14.7. The van der Waals surface area contributed by atoms with Crippen LogP contribution in [0.25, 0.3) is 0 Å². The highest BCUT2D eigenvalue weighted by atomic mass is 16.6. The summed E-state index contributed by atoms with van der Waals surface area (Å²) in [5, 5.41) is 12.5. The summed E-state index contributed by atoms with van der Waals surface area (Å²) in [5.74, 6) is -0.497. The van der Waals surface area contributed by atoms with Crippen molar-refractivity contribution in [1.82, 2.24) is 0 Å². The molecule has 0 aromatic carbocycles. The van der Waals surface area contributed by atoms with E-state index in [1.807, 2.05) is 6.07 Å². The molecule has 0 aliphatic heterocycles. The number of carbonyl (C=O) groups is 3. The molecule has 4 aliphatic rings. The fourth-order valence-electron chi connectivity index (χ4n) is 10.1. The summed E-state index contributed by atoms with van der Waals surface area (Å²) in [7, 11) is 0. The fraction of sp³-hybridized carbons (Fsp3) is 0.750. The molecule has 48 heavy (non-hydrogen) atoms. The first-order valence-corrected chi connectivity index (χ1v) is 17.8. The predicted octanol–water partition coefficient (Wildman–Crippen LogP) is 3.80. The molecule has 7 N–H and O–H groups in total. The molecule has 0 amide bonds. The van der Waals surface area contributed by atoms with Crippen LogP contribution in [0.2, 0.25) is 0 Å². The molecule has 5 rings (SSSR count). The summed E-state index contributed by atoms with van der Waals surface area (Å²) in [6.07, 6.45) is 11.5. The van der Waals surface area contributed by atoms with Gasteiger partial charge in [-0.1, -0.05) is 13.8 Å². The molecule has 1 aromatic rings. The van der Waals surface area contributed by atoms with Crippen LogP contribution in [0.1, 0.15) is 122 Å². The number of fused-ring (bicyclic) bond motifs is 5. The zero-order valence-corrected chi connectivity index (χ0v) is 28.5. The Morgan fingerprint density at radius 1 is 0.979 bits per heavy atom. The fourth-order valence-corrected chi connectivity index (χ4v) is 10.1. The van der Waals surface area contributed by atoms with E-state index < -0.39 is 23.6 Å². The Morgan fingerprint density at radius 2 is 1.73 bits per heavy atom. The number of ether oxygens (including phenoxy) is 2. The molecule has 12 heteroatoms. The molecule has 0 bridgehead atoms. The Bertz CT molecular complexity index is 1410. The molecule has 4 aliphatic carbocycles. The minimum atomic E-state index is -0.935. The van der Waals surface area contributed by atoms with E-state index in [9.17, 15) is 24.3 Å². The van der Waals surface area contributed by atoms with Crippen LogP contribution in [-0.4, -0.2) is 53.3 Å². The number of guanidine groups is 1. The zero-order valence-electron chi connectivity index (χ0n) is 28.5. The first-order valence-electron chi connectivity index (χ1n) is 17.8. The number of rotatable bonds is 12.